The van der Waals surface area contributed by atoms with Crippen molar-refractivity contribution in [2.24, 2.45) is 0 Å². The number of amides is 2. The SMILES string of the molecule is O=C(Nc1ccccc1)Nc1cc(-c2ccncc2)c[nH]c1=O. The van der Waals surface area contributed by atoms with E-state index < -0.39 is 6.03 Å². The first kappa shape index (κ1) is 14.5. The van der Waals surface area contributed by atoms with Gasteiger partial charge < -0.3 is 15.6 Å². The van der Waals surface area contributed by atoms with Crippen LogP contribution in [-0.2, 0) is 0 Å². The molecule has 2 amide bonds. The van der Waals surface area contributed by atoms with Crippen LogP contribution in [0.4, 0.5) is 16.2 Å². The Morgan fingerprint density at radius 1 is 0.957 bits per heavy atom. The lowest BCUT2D eigenvalue weighted by atomic mass is 10.1. The zero-order valence-corrected chi connectivity index (χ0v) is 12.1. The summed E-state index contributed by atoms with van der Waals surface area (Å²) in [7, 11) is 0. The second-order valence-electron chi connectivity index (χ2n) is 4.81. The molecule has 0 saturated carbocycles. The molecule has 0 aliphatic carbocycles. The molecule has 3 N–H and O–H groups in total. The summed E-state index contributed by atoms with van der Waals surface area (Å²) in [6.45, 7) is 0. The molecule has 0 bridgehead atoms. The van der Waals surface area contributed by atoms with Gasteiger partial charge in [0.1, 0.15) is 5.69 Å². The smallest absolute Gasteiger partial charge is 0.323 e. The molecule has 6 nitrogen and oxygen atoms in total. The molecule has 3 rings (SSSR count). The maximum atomic E-state index is 12.0. The predicted octanol–water partition coefficient (Wildman–Crippen LogP) is 3.08. The van der Waals surface area contributed by atoms with Gasteiger partial charge in [0.05, 0.1) is 0 Å². The van der Waals surface area contributed by atoms with Crippen LogP contribution >= 0.6 is 0 Å². The molecule has 2 aromatic heterocycles. The minimum atomic E-state index is -0.478. The molecule has 0 fully saturated rings. The molecule has 0 unspecified atom stereocenters. The Labute approximate surface area is 132 Å². The maximum Gasteiger partial charge on any atom is 0.323 e. The Morgan fingerprint density at radius 2 is 1.70 bits per heavy atom. The number of aromatic amines is 1. The first-order chi connectivity index (χ1) is 11.2. The number of anilines is 2. The normalized spacial score (nSPS) is 10.1. The minimum Gasteiger partial charge on any atom is -0.327 e. The summed E-state index contributed by atoms with van der Waals surface area (Å²) < 4.78 is 0. The van der Waals surface area contributed by atoms with Gasteiger partial charge in [0, 0.05) is 29.8 Å². The van der Waals surface area contributed by atoms with Crippen molar-refractivity contribution in [1.29, 1.82) is 0 Å². The lowest BCUT2D eigenvalue weighted by Gasteiger charge is -2.08. The van der Waals surface area contributed by atoms with Gasteiger partial charge in [-0.25, -0.2) is 4.79 Å². The summed E-state index contributed by atoms with van der Waals surface area (Å²) in [4.78, 5) is 30.4. The van der Waals surface area contributed by atoms with E-state index >= 15 is 0 Å². The van der Waals surface area contributed by atoms with E-state index in [1.54, 1.807) is 36.8 Å². The van der Waals surface area contributed by atoms with E-state index in [1.165, 1.54) is 0 Å². The fraction of sp³-hybridized carbons (Fsp3) is 0. The molecule has 1 aromatic carbocycles. The van der Waals surface area contributed by atoms with Crippen LogP contribution in [0.1, 0.15) is 0 Å². The van der Waals surface area contributed by atoms with Crippen molar-refractivity contribution in [2.45, 2.75) is 0 Å². The van der Waals surface area contributed by atoms with Crippen molar-refractivity contribution in [3.8, 4) is 11.1 Å². The maximum absolute atomic E-state index is 12.0. The monoisotopic (exact) mass is 306 g/mol. The van der Waals surface area contributed by atoms with Crippen LogP contribution in [-0.4, -0.2) is 16.0 Å². The zero-order valence-electron chi connectivity index (χ0n) is 12.1. The standard InChI is InChI=1S/C17H14N4O2/c22-16-15(21-17(23)20-14-4-2-1-3-5-14)10-13(11-19-16)12-6-8-18-9-7-12/h1-11H,(H,19,22)(H2,20,21,23). The predicted molar refractivity (Wildman–Crippen MR) is 89.4 cm³/mol. The fourth-order valence-corrected chi connectivity index (χ4v) is 2.09. The number of benzene rings is 1. The van der Waals surface area contributed by atoms with Gasteiger partial charge in [0.25, 0.3) is 5.56 Å². The Balaban J connectivity index is 1.80. The highest BCUT2D eigenvalue weighted by Gasteiger charge is 2.08. The number of carbonyl (C=O) groups is 1. The van der Waals surface area contributed by atoms with E-state index in [0.717, 1.165) is 11.1 Å². The fourth-order valence-electron chi connectivity index (χ4n) is 2.09. The highest BCUT2D eigenvalue weighted by molar-refractivity contribution is 5.99. The second-order valence-corrected chi connectivity index (χ2v) is 4.81. The first-order valence-corrected chi connectivity index (χ1v) is 6.98. The summed E-state index contributed by atoms with van der Waals surface area (Å²) in [5, 5.41) is 5.22. The summed E-state index contributed by atoms with van der Waals surface area (Å²) in [6.07, 6.45) is 4.92. The van der Waals surface area contributed by atoms with Gasteiger partial charge in [0.2, 0.25) is 0 Å². The van der Waals surface area contributed by atoms with Crippen LogP contribution < -0.4 is 16.2 Å². The van der Waals surface area contributed by atoms with Crippen LogP contribution in [0.15, 0.2) is 71.9 Å². The molecule has 6 heteroatoms. The largest absolute Gasteiger partial charge is 0.327 e. The highest BCUT2D eigenvalue weighted by atomic mass is 16.2. The Kier molecular flexibility index (Phi) is 4.15. The number of aromatic nitrogens is 2. The van der Waals surface area contributed by atoms with Gasteiger partial charge in [-0.05, 0) is 35.9 Å². The molecule has 23 heavy (non-hydrogen) atoms. The first-order valence-electron chi connectivity index (χ1n) is 6.98. The number of carbonyl (C=O) groups excluding carboxylic acids is 1. The molecule has 0 radical (unpaired) electrons. The molecule has 0 saturated heterocycles. The van der Waals surface area contributed by atoms with Crippen molar-refractivity contribution in [3.05, 3.63) is 77.5 Å². The van der Waals surface area contributed by atoms with Gasteiger partial charge in [-0.1, -0.05) is 18.2 Å². The highest BCUT2D eigenvalue weighted by Crippen LogP contribution is 2.18. The minimum absolute atomic E-state index is 0.174. The molecule has 2 heterocycles. The Hall–Kier alpha value is -3.41. The third kappa shape index (κ3) is 3.62. The summed E-state index contributed by atoms with van der Waals surface area (Å²) >= 11 is 0. The number of pyridine rings is 2. The van der Waals surface area contributed by atoms with Crippen molar-refractivity contribution >= 4 is 17.4 Å². The molecule has 0 atom stereocenters. The van der Waals surface area contributed by atoms with E-state index in [2.05, 4.69) is 20.6 Å². The topological polar surface area (TPSA) is 86.9 Å². The zero-order chi connectivity index (χ0) is 16.1. The van der Waals surface area contributed by atoms with Gasteiger partial charge >= 0.3 is 6.03 Å². The van der Waals surface area contributed by atoms with Crippen LogP contribution in [0.3, 0.4) is 0 Å². The average Bonchev–Trinajstić information content (AvgIpc) is 2.58. The van der Waals surface area contributed by atoms with Crippen LogP contribution in [0.2, 0.25) is 0 Å². The van der Waals surface area contributed by atoms with Crippen molar-refractivity contribution < 1.29 is 4.79 Å². The number of urea groups is 1. The third-order valence-electron chi connectivity index (χ3n) is 3.20. The van der Waals surface area contributed by atoms with E-state index in [9.17, 15) is 9.59 Å². The molecule has 0 aliphatic rings. The van der Waals surface area contributed by atoms with Crippen molar-refractivity contribution in [3.63, 3.8) is 0 Å². The molecule has 114 valence electrons. The molecule has 0 aliphatic heterocycles. The van der Waals surface area contributed by atoms with Gasteiger partial charge in [-0.2, -0.15) is 0 Å². The molecule has 3 aromatic rings. The van der Waals surface area contributed by atoms with Crippen LogP contribution in [0, 0.1) is 0 Å². The molecular weight excluding hydrogens is 292 g/mol. The summed E-state index contributed by atoms with van der Waals surface area (Å²) in [5.74, 6) is 0. The molecular formula is C17H14N4O2. The Morgan fingerprint density at radius 3 is 2.43 bits per heavy atom. The van der Waals surface area contributed by atoms with E-state index in [1.807, 2.05) is 30.3 Å². The number of nitrogens with zero attached hydrogens (tertiary/aromatic N) is 1. The van der Waals surface area contributed by atoms with Gasteiger partial charge in [-0.3, -0.25) is 9.78 Å². The van der Waals surface area contributed by atoms with Crippen molar-refractivity contribution in [2.75, 3.05) is 10.6 Å². The summed E-state index contributed by atoms with van der Waals surface area (Å²) in [6, 6.07) is 13.8. The van der Waals surface area contributed by atoms with Crippen LogP contribution in [0.5, 0.6) is 0 Å². The lowest BCUT2D eigenvalue weighted by Crippen LogP contribution is -2.24. The second kappa shape index (κ2) is 6.57. The van der Waals surface area contributed by atoms with Crippen LogP contribution in [0.25, 0.3) is 11.1 Å². The van der Waals surface area contributed by atoms with Crippen molar-refractivity contribution in [1.82, 2.24) is 9.97 Å². The lowest BCUT2D eigenvalue weighted by molar-refractivity contribution is 0.262. The number of rotatable bonds is 3. The van der Waals surface area contributed by atoms with Gasteiger partial charge in [0.15, 0.2) is 0 Å². The van der Waals surface area contributed by atoms with E-state index in [0.29, 0.717) is 5.69 Å². The number of hydrogen-bond donors (Lipinski definition) is 3. The third-order valence-corrected chi connectivity index (χ3v) is 3.20. The van der Waals surface area contributed by atoms with Gasteiger partial charge in [-0.15, -0.1) is 0 Å². The van der Waals surface area contributed by atoms with E-state index in [4.69, 9.17) is 0 Å². The quantitative estimate of drug-likeness (QED) is 0.695. The Bertz CT molecular complexity index is 861. The number of H-pyrrole nitrogens is 1. The number of nitrogens with one attached hydrogen (secondary N) is 3. The summed E-state index contributed by atoms with van der Waals surface area (Å²) in [5.41, 5.74) is 2.12. The number of para-hydroxylation sites is 1. The average molecular weight is 306 g/mol. The number of hydrogen-bond acceptors (Lipinski definition) is 3. The molecule has 0 spiro atoms. The van der Waals surface area contributed by atoms with E-state index in [-0.39, 0.29) is 11.2 Å².